The van der Waals surface area contributed by atoms with Crippen molar-refractivity contribution in [1.82, 2.24) is 5.32 Å². The first-order valence-corrected chi connectivity index (χ1v) is 6.43. The summed E-state index contributed by atoms with van der Waals surface area (Å²) in [4.78, 5) is 11.9. The van der Waals surface area contributed by atoms with Crippen molar-refractivity contribution in [3.05, 3.63) is 45.7 Å². The molecule has 0 fully saturated rings. The van der Waals surface area contributed by atoms with Gasteiger partial charge in [-0.1, -0.05) is 17.7 Å². The number of allylic oxidation sites excluding steroid dienone is 6. The summed E-state index contributed by atoms with van der Waals surface area (Å²) in [6.45, 7) is 2.85. The molecule has 0 aromatic heterocycles. The fourth-order valence-electron chi connectivity index (χ4n) is 2.84. The van der Waals surface area contributed by atoms with Gasteiger partial charge in [0.25, 0.3) is 0 Å². The molecule has 3 heteroatoms. The molecule has 2 aliphatic carbocycles. The first-order valence-electron chi connectivity index (χ1n) is 5.90. The normalized spacial score (nSPS) is 23.1. The number of alkyl halides is 1. The Kier molecular flexibility index (Phi) is 2.48. The number of halogens is 1. The third kappa shape index (κ3) is 1.51. The minimum absolute atomic E-state index is 0.289. The molecule has 88 valence electrons. The van der Waals surface area contributed by atoms with Crippen molar-refractivity contribution in [2.24, 2.45) is 0 Å². The molecule has 2 nitrogen and oxygen atoms in total. The van der Waals surface area contributed by atoms with Crippen molar-refractivity contribution >= 4 is 17.4 Å². The first-order chi connectivity index (χ1) is 8.22. The van der Waals surface area contributed by atoms with Crippen LogP contribution in [-0.4, -0.2) is 18.2 Å². The number of fused-ring (bicyclic) bond motifs is 2. The van der Waals surface area contributed by atoms with Crippen LogP contribution in [-0.2, 0) is 4.79 Å². The summed E-state index contributed by atoms with van der Waals surface area (Å²) in [5.41, 5.74) is 6.83. The molecule has 17 heavy (non-hydrogen) atoms. The fraction of sp³-hybridized carbons (Fsp3) is 0.357. The first kappa shape index (κ1) is 10.8. The maximum Gasteiger partial charge on any atom is 0.163 e. The number of carbonyl (C=O) groups is 1. The Morgan fingerprint density at radius 3 is 3.00 bits per heavy atom. The Labute approximate surface area is 106 Å². The lowest BCUT2D eigenvalue weighted by Gasteiger charge is -2.29. The van der Waals surface area contributed by atoms with Gasteiger partial charge in [-0.25, -0.2) is 0 Å². The maximum atomic E-state index is 11.9. The van der Waals surface area contributed by atoms with Crippen LogP contribution < -0.4 is 5.32 Å². The molecule has 0 unspecified atom stereocenters. The molecule has 0 amide bonds. The molecular weight excluding hydrogens is 234 g/mol. The van der Waals surface area contributed by atoms with E-state index in [-0.39, 0.29) is 5.78 Å². The van der Waals surface area contributed by atoms with Gasteiger partial charge in [-0.15, -0.1) is 11.6 Å². The zero-order valence-electron chi connectivity index (χ0n) is 9.77. The van der Waals surface area contributed by atoms with E-state index in [4.69, 9.17) is 11.6 Å². The molecule has 0 bridgehead atoms. The van der Waals surface area contributed by atoms with Crippen LogP contribution in [0, 0.1) is 0 Å². The summed E-state index contributed by atoms with van der Waals surface area (Å²) < 4.78 is 0. The minimum atomic E-state index is 0.289. The highest BCUT2D eigenvalue weighted by Gasteiger charge is 2.31. The molecule has 1 aliphatic heterocycles. The maximum absolute atomic E-state index is 11.9. The average Bonchev–Trinajstić information content (AvgIpc) is 2.75. The number of rotatable bonds is 1. The number of carbonyl (C=O) groups excluding carboxylic acids is 1. The monoisotopic (exact) mass is 247 g/mol. The Balaban J connectivity index is 2.09. The molecule has 0 spiro atoms. The van der Waals surface area contributed by atoms with Gasteiger partial charge < -0.3 is 5.32 Å². The van der Waals surface area contributed by atoms with Gasteiger partial charge in [0, 0.05) is 35.7 Å². The summed E-state index contributed by atoms with van der Waals surface area (Å²) in [5, 5.41) is 3.37. The molecular formula is C14H14ClNO. The van der Waals surface area contributed by atoms with E-state index in [9.17, 15) is 4.79 Å². The summed E-state index contributed by atoms with van der Waals surface area (Å²) in [7, 11) is 0. The predicted molar refractivity (Wildman–Crippen MR) is 68.9 cm³/mol. The van der Waals surface area contributed by atoms with Gasteiger partial charge in [-0.05, 0) is 24.5 Å². The van der Waals surface area contributed by atoms with Crippen LogP contribution in [0.3, 0.4) is 0 Å². The van der Waals surface area contributed by atoms with E-state index in [1.165, 1.54) is 16.7 Å². The standard InChI is InChI=1S/C14H14ClNO/c1-8-6-11-12(17)4-5-16-14(11)10-3-2-9(7-15)13(8)10/h2-3,16H,4-7H2,1H3. The summed E-state index contributed by atoms with van der Waals surface area (Å²) in [6.07, 6.45) is 5.53. The van der Waals surface area contributed by atoms with E-state index in [1.54, 1.807) is 0 Å². The molecule has 1 heterocycles. The van der Waals surface area contributed by atoms with Gasteiger partial charge in [0.2, 0.25) is 0 Å². The molecule has 3 rings (SSSR count). The number of nitrogens with one attached hydrogen (secondary N) is 1. The second-order valence-corrected chi connectivity index (χ2v) is 4.96. The molecule has 0 aromatic carbocycles. The second kappa shape index (κ2) is 3.88. The van der Waals surface area contributed by atoms with E-state index in [0.717, 1.165) is 29.8 Å². The summed E-state index contributed by atoms with van der Waals surface area (Å²) in [6, 6.07) is 0. The molecule has 3 aliphatic rings. The molecule has 0 saturated carbocycles. The molecule has 0 radical (unpaired) electrons. The van der Waals surface area contributed by atoms with Gasteiger partial charge in [-0.2, -0.15) is 0 Å². The van der Waals surface area contributed by atoms with Crippen molar-refractivity contribution < 1.29 is 4.79 Å². The van der Waals surface area contributed by atoms with Crippen molar-refractivity contribution in [2.75, 3.05) is 12.4 Å². The zero-order valence-corrected chi connectivity index (χ0v) is 10.5. The van der Waals surface area contributed by atoms with Crippen LogP contribution in [0.15, 0.2) is 45.7 Å². The van der Waals surface area contributed by atoms with Crippen LogP contribution in [0.1, 0.15) is 19.8 Å². The zero-order chi connectivity index (χ0) is 12.0. The van der Waals surface area contributed by atoms with Gasteiger partial charge >= 0.3 is 0 Å². The van der Waals surface area contributed by atoms with Crippen molar-refractivity contribution in [1.29, 1.82) is 0 Å². The second-order valence-electron chi connectivity index (χ2n) is 4.69. The average molecular weight is 248 g/mol. The molecule has 0 saturated heterocycles. The van der Waals surface area contributed by atoms with Crippen LogP contribution in [0.4, 0.5) is 0 Å². The van der Waals surface area contributed by atoms with E-state index >= 15 is 0 Å². The van der Waals surface area contributed by atoms with E-state index < -0.39 is 0 Å². The lowest BCUT2D eigenvalue weighted by atomic mass is 9.82. The Morgan fingerprint density at radius 2 is 2.24 bits per heavy atom. The van der Waals surface area contributed by atoms with Gasteiger partial charge in [0.05, 0.1) is 0 Å². The van der Waals surface area contributed by atoms with Gasteiger partial charge in [-0.3, -0.25) is 4.79 Å². The summed E-state index contributed by atoms with van der Waals surface area (Å²) >= 11 is 5.96. The third-order valence-electron chi connectivity index (χ3n) is 3.62. The quantitative estimate of drug-likeness (QED) is 0.722. The van der Waals surface area contributed by atoms with E-state index in [2.05, 4.69) is 24.4 Å². The lowest BCUT2D eigenvalue weighted by Crippen LogP contribution is -2.31. The van der Waals surface area contributed by atoms with Crippen LogP contribution >= 0.6 is 11.6 Å². The van der Waals surface area contributed by atoms with Crippen LogP contribution in [0.2, 0.25) is 0 Å². The fourth-order valence-corrected chi connectivity index (χ4v) is 3.07. The number of Topliss-reactive ketones (excluding diaryl/α,β-unsaturated/α-hetero) is 1. The van der Waals surface area contributed by atoms with Gasteiger partial charge in [0.15, 0.2) is 5.78 Å². The van der Waals surface area contributed by atoms with Gasteiger partial charge in [0.1, 0.15) is 0 Å². The van der Waals surface area contributed by atoms with E-state index in [1.807, 2.05) is 0 Å². The molecule has 0 aromatic rings. The van der Waals surface area contributed by atoms with Crippen LogP contribution in [0.5, 0.6) is 0 Å². The number of ketones is 1. The predicted octanol–water partition coefficient (Wildman–Crippen LogP) is 2.63. The van der Waals surface area contributed by atoms with Crippen molar-refractivity contribution in [2.45, 2.75) is 19.8 Å². The third-order valence-corrected chi connectivity index (χ3v) is 3.90. The molecule has 1 N–H and O–H groups in total. The topological polar surface area (TPSA) is 29.1 Å². The largest absolute Gasteiger partial charge is 0.384 e. The highest BCUT2D eigenvalue weighted by molar-refractivity contribution is 6.20. The smallest absolute Gasteiger partial charge is 0.163 e. The lowest BCUT2D eigenvalue weighted by molar-refractivity contribution is -0.116. The molecule has 0 atom stereocenters. The minimum Gasteiger partial charge on any atom is -0.384 e. The Morgan fingerprint density at radius 1 is 1.41 bits per heavy atom. The van der Waals surface area contributed by atoms with Crippen molar-refractivity contribution in [3.63, 3.8) is 0 Å². The number of hydrogen-bond donors (Lipinski definition) is 1. The van der Waals surface area contributed by atoms with Crippen LogP contribution in [0.25, 0.3) is 0 Å². The Hall–Kier alpha value is -1.28. The summed E-state index contributed by atoms with van der Waals surface area (Å²) in [5.74, 6) is 0.820. The number of hydrogen-bond acceptors (Lipinski definition) is 2. The Bertz CT molecular complexity index is 534. The van der Waals surface area contributed by atoms with E-state index in [0.29, 0.717) is 12.3 Å². The van der Waals surface area contributed by atoms with Crippen molar-refractivity contribution in [3.8, 4) is 0 Å². The highest BCUT2D eigenvalue weighted by atomic mass is 35.5. The highest BCUT2D eigenvalue weighted by Crippen LogP contribution is 2.41. The SMILES string of the molecule is CC1=C2C(CCl)=CC=C2C2=C(C1)C(=O)CCN2.